The summed E-state index contributed by atoms with van der Waals surface area (Å²) >= 11 is 0. The summed E-state index contributed by atoms with van der Waals surface area (Å²) in [7, 11) is 3.45. The SMILES string of the molecule is CSSCCCC(=O)C=NCC(C)=O. The van der Waals surface area contributed by atoms with Gasteiger partial charge in [0, 0.05) is 12.2 Å². The van der Waals surface area contributed by atoms with E-state index in [1.165, 1.54) is 13.1 Å². The van der Waals surface area contributed by atoms with E-state index in [4.69, 9.17) is 0 Å². The number of carbonyl (C=O) groups excluding carboxylic acids is 2. The number of hydrogen-bond donors (Lipinski definition) is 0. The molecule has 0 unspecified atom stereocenters. The van der Waals surface area contributed by atoms with Gasteiger partial charge in [0.25, 0.3) is 0 Å². The Bertz CT molecular complexity index is 217. The highest BCUT2D eigenvalue weighted by molar-refractivity contribution is 8.76. The van der Waals surface area contributed by atoms with E-state index in [2.05, 4.69) is 4.99 Å². The number of carbonyl (C=O) groups is 2. The fourth-order valence-electron chi connectivity index (χ4n) is 0.729. The summed E-state index contributed by atoms with van der Waals surface area (Å²) < 4.78 is 0. The highest BCUT2D eigenvalue weighted by Crippen LogP contribution is 2.17. The van der Waals surface area contributed by atoms with E-state index in [1.54, 1.807) is 21.6 Å². The zero-order chi connectivity index (χ0) is 10.8. The molecule has 0 amide bonds. The lowest BCUT2D eigenvalue weighted by Gasteiger charge is -1.94. The number of ketones is 2. The minimum absolute atomic E-state index is 0.00736. The molecule has 0 aliphatic rings. The Morgan fingerprint density at radius 1 is 1.43 bits per heavy atom. The first-order chi connectivity index (χ1) is 6.66. The van der Waals surface area contributed by atoms with Gasteiger partial charge in [0.15, 0.2) is 11.6 Å². The van der Waals surface area contributed by atoms with E-state index in [1.807, 2.05) is 6.26 Å². The van der Waals surface area contributed by atoms with E-state index in [0.29, 0.717) is 6.42 Å². The lowest BCUT2D eigenvalue weighted by Crippen LogP contribution is -2.02. The van der Waals surface area contributed by atoms with Crippen LogP contribution in [-0.4, -0.2) is 36.3 Å². The summed E-state index contributed by atoms with van der Waals surface area (Å²) in [6, 6.07) is 0. The molecule has 0 aliphatic heterocycles. The molecule has 0 fully saturated rings. The molecule has 0 saturated heterocycles. The molecule has 0 saturated carbocycles. The van der Waals surface area contributed by atoms with Crippen LogP contribution in [0.3, 0.4) is 0 Å². The second-order valence-corrected chi connectivity index (χ2v) is 5.41. The fraction of sp³-hybridized carbons (Fsp3) is 0.667. The van der Waals surface area contributed by atoms with Gasteiger partial charge >= 0.3 is 0 Å². The lowest BCUT2D eigenvalue weighted by molar-refractivity contribution is -0.115. The monoisotopic (exact) mass is 233 g/mol. The number of Topliss-reactive ketones (excluding diaryl/α,β-unsaturated/α-hetero) is 2. The van der Waals surface area contributed by atoms with Crippen LogP contribution < -0.4 is 0 Å². The Labute approximate surface area is 92.5 Å². The summed E-state index contributed by atoms with van der Waals surface area (Å²) in [5.74, 6) is 0.966. The van der Waals surface area contributed by atoms with Gasteiger partial charge in [-0.2, -0.15) is 0 Å². The Balaban J connectivity index is 3.45. The Morgan fingerprint density at radius 2 is 2.14 bits per heavy atom. The molecule has 3 nitrogen and oxygen atoms in total. The van der Waals surface area contributed by atoms with E-state index in [-0.39, 0.29) is 18.1 Å². The van der Waals surface area contributed by atoms with Crippen LogP contribution in [0.4, 0.5) is 0 Å². The number of rotatable bonds is 8. The second kappa shape index (κ2) is 9.27. The maximum Gasteiger partial charge on any atom is 0.173 e. The largest absolute Gasteiger partial charge is 0.298 e. The van der Waals surface area contributed by atoms with Gasteiger partial charge in [-0.1, -0.05) is 21.6 Å². The third-order valence-corrected chi connectivity index (χ3v) is 3.22. The standard InChI is InChI=1S/C9H15NO2S2/c1-8(11)6-10-7-9(12)4-3-5-14-13-2/h7H,3-6H2,1-2H3. The summed E-state index contributed by atoms with van der Waals surface area (Å²) in [4.78, 5) is 25.3. The van der Waals surface area contributed by atoms with Crippen LogP contribution in [-0.2, 0) is 9.59 Å². The molecule has 0 spiro atoms. The third-order valence-electron chi connectivity index (χ3n) is 1.32. The smallest absolute Gasteiger partial charge is 0.173 e. The number of hydrogen-bond acceptors (Lipinski definition) is 5. The molecule has 14 heavy (non-hydrogen) atoms. The van der Waals surface area contributed by atoms with Gasteiger partial charge in [0.1, 0.15) is 0 Å². The predicted molar refractivity (Wildman–Crippen MR) is 64.3 cm³/mol. The first-order valence-electron chi connectivity index (χ1n) is 4.34. The molecule has 0 aliphatic carbocycles. The lowest BCUT2D eigenvalue weighted by atomic mass is 10.2. The van der Waals surface area contributed by atoms with Gasteiger partial charge < -0.3 is 0 Å². The van der Waals surface area contributed by atoms with Crippen LogP contribution in [0.2, 0.25) is 0 Å². The maximum atomic E-state index is 11.1. The van der Waals surface area contributed by atoms with Crippen molar-refractivity contribution in [3.05, 3.63) is 0 Å². The molecule has 0 rings (SSSR count). The zero-order valence-electron chi connectivity index (χ0n) is 8.49. The maximum absolute atomic E-state index is 11.1. The molecule has 0 aromatic carbocycles. The van der Waals surface area contributed by atoms with Gasteiger partial charge in [0.05, 0.1) is 12.8 Å². The topological polar surface area (TPSA) is 46.5 Å². The summed E-state index contributed by atoms with van der Waals surface area (Å²) in [6.45, 7) is 1.57. The second-order valence-electron chi connectivity index (χ2n) is 2.73. The minimum Gasteiger partial charge on any atom is -0.298 e. The van der Waals surface area contributed by atoms with Crippen molar-refractivity contribution in [3.63, 3.8) is 0 Å². The molecule has 0 aromatic rings. The molecule has 0 atom stereocenters. The average molecular weight is 233 g/mol. The Hall–Kier alpha value is -0.290. The normalized spacial score (nSPS) is 10.7. The van der Waals surface area contributed by atoms with Crippen molar-refractivity contribution in [1.29, 1.82) is 0 Å². The summed E-state index contributed by atoms with van der Waals surface area (Å²) in [5, 5.41) is 0. The van der Waals surface area contributed by atoms with Crippen LogP contribution in [0.5, 0.6) is 0 Å². The van der Waals surface area contributed by atoms with Crippen molar-refractivity contribution >= 4 is 39.4 Å². The van der Waals surface area contributed by atoms with E-state index < -0.39 is 0 Å². The van der Waals surface area contributed by atoms with Crippen LogP contribution in [0, 0.1) is 0 Å². The fourth-order valence-corrected chi connectivity index (χ4v) is 2.01. The molecule has 0 bridgehead atoms. The van der Waals surface area contributed by atoms with Crippen LogP contribution in [0.1, 0.15) is 19.8 Å². The van der Waals surface area contributed by atoms with Crippen molar-refractivity contribution in [1.82, 2.24) is 0 Å². The van der Waals surface area contributed by atoms with E-state index >= 15 is 0 Å². The van der Waals surface area contributed by atoms with Crippen molar-refractivity contribution in [2.45, 2.75) is 19.8 Å². The molecule has 80 valence electrons. The highest BCUT2D eigenvalue weighted by atomic mass is 33.1. The first-order valence-corrected chi connectivity index (χ1v) is 7.07. The predicted octanol–water partition coefficient (Wildman–Crippen LogP) is 2.01. The van der Waals surface area contributed by atoms with E-state index in [0.717, 1.165) is 12.2 Å². The molecule has 0 aromatic heterocycles. The molecule has 5 heteroatoms. The average Bonchev–Trinajstić information content (AvgIpc) is 2.12. The van der Waals surface area contributed by atoms with Gasteiger partial charge in [0.2, 0.25) is 0 Å². The number of nitrogens with zero attached hydrogens (tertiary/aromatic N) is 1. The molecule has 0 N–H and O–H groups in total. The quantitative estimate of drug-likeness (QED) is 0.365. The van der Waals surface area contributed by atoms with Crippen LogP contribution in [0.15, 0.2) is 4.99 Å². The highest BCUT2D eigenvalue weighted by Gasteiger charge is 1.97. The summed E-state index contributed by atoms with van der Waals surface area (Å²) in [6.07, 6.45) is 4.68. The molecular formula is C9H15NO2S2. The first kappa shape index (κ1) is 13.7. The van der Waals surface area contributed by atoms with Gasteiger partial charge in [-0.05, 0) is 19.6 Å². The number of aliphatic imine (C=N–C) groups is 1. The van der Waals surface area contributed by atoms with E-state index in [9.17, 15) is 9.59 Å². The van der Waals surface area contributed by atoms with Gasteiger partial charge in [-0.3, -0.25) is 14.6 Å². The minimum atomic E-state index is -0.0213. The zero-order valence-corrected chi connectivity index (χ0v) is 10.1. The van der Waals surface area contributed by atoms with Gasteiger partial charge in [-0.15, -0.1) is 0 Å². The van der Waals surface area contributed by atoms with Crippen LogP contribution in [0.25, 0.3) is 0 Å². The van der Waals surface area contributed by atoms with Crippen LogP contribution >= 0.6 is 21.6 Å². The van der Waals surface area contributed by atoms with Crippen molar-refractivity contribution in [2.75, 3.05) is 18.6 Å². The van der Waals surface area contributed by atoms with Crippen molar-refractivity contribution < 1.29 is 9.59 Å². The third kappa shape index (κ3) is 9.80. The summed E-state index contributed by atoms with van der Waals surface area (Å²) in [5.41, 5.74) is 0. The molecule has 0 radical (unpaired) electrons. The van der Waals surface area contributed by atoms with Gasteiger partial charge in [-0.25, -0.2) is 0 Å². The Morgan fingerprint density at radius 3 is 2.71 bits per heavy atom. The molecule has 0 heterocycles. The van der Waals surface area contributed by atoms with Crippen molar-refractivity contribution in [2.24, 2.45) is 4.99 Å². The Kier molecular flexibility index (Phi) is 9.08. The van der Waals surface area contributed by atoms with Crippen molar-refractivity contribution in [3.8, 4) is 0 Å². The molecular weight excluding hydrogens is 218 g/mol.